The van der Waals surface area contributed by atoms with Crippen molar-refractivity contribution in [1.82, 2.24) is 4.57 Å². The van der Waals surface area contributed by atoms with Crippen LogP contribution < -0.4 is 0 Å². The molecule has 18 heavy (non-hydrogen) atoms. The SMILES string of the molecule is CCCC[Si](CCCC)(C(C)CC)N(CC)CC. The van der Waals surface area contributed by atoms with Crippen LogP contribution in [0.4, 0.5) is 0 Å². The standard InChI is InChI=1S/C16H37NSi/c1-7-12-14-18(15-13-8-2,16(6)9-3)17(10-4)11-5/h16H,7-15H2,1-6H3. The quantitative estimate of drug-likeness (QED) is 0.437. The van der Waals surface area contributed by atoms with Crippen molar-refractivity contribution in [2.24, 2.45) is 0 Å². The Hall–Kier alpha value is 0.177. The predicted molar refractivity (Wildman–Crippen MR) is 87.8 cm³/mol. The van der Waals surface area contributed by atoms with Gasteiger partial charge in [-0.1, -0.05) is 73.6 Å². The van der Waals surface area contributed by atoms with Crippen LogP contribution in [0.3, 0.4) is 0 Å². The van der Waals surface area contributed by atoms with E-state index in [2.05, 4.69) is 46.1 Å². The third-order valence-electron chi connectivity index (χ3n) is 4.85. The van der Waals surface area contributed by atoms with Gasteiger partial charge in [0.1, 0.15) is 8.24 Å². The molecule has 110 valence electrons. The average molecular weight is 272 g/mol. The fraction of sp³-hybridized carbons (Fsp3) is 1.00. The lowest BCUT2D eigenvalue weighted by Crippen LogP contribution is -2.56. The van der Waals surface area contributed by atoms with Crippen LogP contribution in [-0.4, -0.2) is 25.9 Å². The monoisotopic (exact) mass is 271 g/mol. The van der Waals surface area contributed by atoms with Gasteiger partial charge in [0.05, 0.1) is 0 Å². The van der Waals surface area contributed by atoms with E-state index in [1.165, 1.54) is 57.3 Å². The Morgan fingerprint density at radius 2 is 1.28 bits per heavy atom. The molecule has 0 rings (SSSR count). The van der Waals surface area contributed by atoms with Crippen molar-refractivity contribution in [3.05, 3.63) is 0 Å². The Labute approximate surface area is 117 Å². The van der Waals surface area contributed by atoms with E-state index in [1.807, 2.05) is 0 Å². The molecule has 0 aliphatic rings. The van der Waals surface area contributed by atoms with E-state index in [0.29, 0.717) is 0 Å². The topological polar surface area (TPSA) is 3.24 Å². The van der Waals surface area contributed by atoms with Crippen LogP contribution in [0.25, 0.3) is 0 Å². The fourth-order valence-electron chi connectivity index (χ4n) is 3.44. The highest BCUT2D eigenvalue weighted by molar-refractivity contribution is 6.78. The average Bonchev–Trinajstić information content (AvgIpc) is 2.41. The van der Waals surface area contributed by atoms with Crippen molar-refractivity contribution < 1.29 is 0 Å². The zero-order valence-electron chi connectivity index (χ0n) is 13.9. The summed E-state index contributed by atoms with van der Waals surface area (Å²) in [5, 5.41) is 0. The van der Waals surface area contributed by atoms with Crippen molar-refractivity contribution in [3.63, 3.8) is 0 Å². The van der Waals surface area contributed by atoms with Gasteiger partial charge in [-0.3, -0.25) is 0 Å². The molecular weight excluding hydrogens is 234 g/mol. The van der Waals surface area contributed by atoms with E-state index in [4.69, 9.17) is 0 Å². The normalized spacial score (nSPS) is 14.2. The molecule has 0 aliphatic heterocycles. The molecule has 0 aromatic carbocycles. The lowest BCUT2D eigenvalue weighted by molar-refractivity contribution is 0.435. The molecule has 2 heteroatoms. The van der Waals surface area contributed by atoms with Gasteiger partial charge in [0, 0.05) is 0 Å². The minimum absolute atomic E-state index is 0.954. The maximum atomic E-state index is 2.90. The first kappa shape index (κ1) is 18.2. The molecule has 0 saturated carbocycles. The largest absolute Gasteiger partial charge is 0.324 e. The molecule has 0 saturated heterocycles. The molecule has 0 amide bonds. The Morgan fingerprint density at radius 3 is 1.56 bits per heavy atom. The molecule has 0 aliphatic carbocycles. The van der Waals surface area contributed by atoms with Crippen molar-refractivity contribution in [2.45, 2.75) is 91.3 Å². The number of hydrogen-bond acceptors (Lipinski definition) is 1. The first-order valence-electron chi connectivity index (χ1n) is 8.37. The van der Waals surface area contributed by atoms with Crippen LogP contribution >= 0.6 is 0 Å². The summed E-state index contributed by atoms with van der Waals surface area (Å²) in [6.45, 7) is 16.9. The molecule has 0 fully saturated rings. The Bertz CT molecular complexity index is 182. The summed E-state index contributed by atoms with van der Waals surface area (Å²) in [6.07, 6.45) is 6.97. The smallest absolute Gasteiger partial charge is 0.131 e. The van der Waals surface area contributed by atoms with E-state index in [1.54, 1.807) is 0 Å². The lowest BCUT2D eigenvalue weighted by atomic mass is 10.4. The van der Waals surface area contributed by atoms with Gasteiger partial charge < -0.3 is 4.57 Å². The summed E-state index contributed by atoms with van der Waals surface area (Å²) in [5.41, 5.74) is 0.954. The van der Waals surface area contributed by atoms with Crippen LogP contribution in [0.1, 0.15) is 73.6 Å². The van der Waals surface area contributed by atoms with Crippen LogP contribution in [0, 0.1) is 0 Å². The van der Waals surface area contributed by atoms with Crippen molar-refractivity contribution in [3.8, 4) is 0 Å². The lowest BCUT2D eigenvalue weighted by Gasteiger charge is -2.46. The maximum Gasteiger partial charge on any atom is 0.131 e. The number of rotatable bonds is 11. The molecule has 1 unspecified atom stereocenters. The molecule has 1 nitrogen and oxygen atoms in total. The van der Waals surface area contributed by atoms with E-state index in [-0.39, 0.29) is 0 Å². The molecule has 1 atom stereocenters. The molecule has 0 aromatic heterocycles. The number of hydrogen-bond donors (Lipinski definition) is 0. The zero-order valence-corrected chi connectivity index (χ0v) is 14.9. The van der Waals surface area contributed by atoms with E-state index in [9.17, 15) is 0 Å². The molecule has 0 spiro atoms. The second-order valence-electron chi connectivity index (χ2n) is 5.79. The predicted octanol–water partition coefficient (Wildman–Crippen LogP) is 5.67. The summed E-state index contributed by atoms with van der Waals surface area (Å²) in [6, 6.07) is 3.06. The second kappa shape index (κ2) is 10.0. The molecule has 0 heterocycles. The highest BCUT2D eigenvalue weighted by atomic mass is 28.3. The van der Waals surface area contributed by atoms with Crippen molar-refractivity contribution >= 4 is 8.24 Å². The summed E-state index contributed by atoms with van der Waals surface area (Å²) in [4.78, 5) is 0. The Balaban J connectivity index is 5.08. The van der Waals surface area contributed by atoms with Crippen LogP contribution in [-0.2, 0) is 0 Å². The van der Waals surface area contributed by atoms with Gasteiger partial charge in [-0.25, -0.2) is 0 Å². The van der Waals surface area contributed by atoms with Gasteiger partial charge in [0.2, 0.25) is 0 Å². The van der Waals surface area contributed by atoms with Gasteiger partial charge in [0.25, 0.3) is 0 Å². The molecule has 0 radical (unpaired) electrons. The summed E-state index contributed by atoms with van der Waals surface area (Å²) in [7, 11) is -1.24. The van der Waals surface area contributed by atoms with Crippen molar-refractivity contribution in [1.29, 1.82) is 0 Å². The van der Waals surface area contributed by atoms with Gasteiger partial charge in [-0.05, 0) is 30.7 Å². The van der Waals surface area contributed by atoms with Crippen LogP contribution in [0.15, 0.2) is 0 Å². The van der Waals surface area contributed by atoms with Gasteiger partial charge >= 0.3 is 0 Å². The molecule has 0 aromatic rings. The maximum absolute atomic E-state index is 2.90. The van der Waals surface area contributed by atoms with E-state index >= 15 is 0 Å². The first-order valence-corrected chi connectivity index (χ1v) is 10.8. The van der Waals surface area contributed by atoms with Crippen molar-refractivity contribution in [2.75, 3.05) is 13.1 Å². The number of unbranched alkanes of at least 4 members (excludes halogenated alkanes) is 2. The minimum atomic E-state index is -1.24. The van der Waals surface area contributed by atoms with Gasteiger partial charge in [0.15, 0.2) is 0 Å². The number of nitrogens with zero attached hydrogens (tertiary/aromatic N) is 1. The Morgan fingerprint density at radius 1 is 0.833 bits per heavy atom. The highest BCUT2D eigenvalue weighted by Crippen LogP contribution is 2.38. The van der Waals surface area contributed by atoms with Crippen LogP contribution in [0.5, 0.6) is 0 Å². The third-order valence-corrected chi connectivity index (χ3v) is 11.4. The highest BCUT2D eigenvalue weighted by Gasteiger charge is 2.41. The second-order valence-corrected chi connectivity index (χ2v) is 10.6. The molecule has 0 bridgehead atoms. The first-order chi connectivity index (χ1) is 8.62. The fourth-order valence-corrected chi connectivity index (χ4v) is 9.89. The van der Waals surface area contributed by atoms with Gasteiger partial charge in [-0.2, -0.15) is 0 Å². The van der Waals surface area contributed by atoms with Gasteiger partial charge in [-0.15, -0.1) is 0 Å². The van der Waals surface area contributed by atoms with Crippen LogP contribution in [0.2, 0.25) is 17.6 Å². The molecular formula is C16H37NSi. The Kier molecular flexibility index (Phi) is 10.1. The van der Waals surface area contributed by atoms with E-state index < -0.39 is 8.24 Å². The molecule has 0 N–H and O–H groups in total. The van der Waals surface area contributed by atoms with E-state index in [0.717, 1.165) is 5.54 Å². The summed E-state index contributed by atoms with van der Waals surface area (Å²) in [5.74, 6) is 0. The third kappa shape index (κ3) is 4.69. The zero-order chi connectivity index (χ0) is 14.0. The summed E-state index contributed by atoms with van der Waals surface area (Å²) < 4.78 is 2.90. The summed E-state index contributed by atoms with van der Waals surface area (Å²) >= 11 is 0. The minimum Gasteiger partial charge on any atom is -0.324 e.